The summed E-state index contributed by atoms with van der Waals surface area (Å²) in [6.07, 6.45) is 0. The maximum absolute atomic E-state index is 5.28. The van der Waals surface area contributed by atoms with Crippen LogP contribution in [0, 0.1) is 0 Å². The standard InChI is InChI=1S/C52H32N4/c1-3-15-33(16-4-1)51-41-22-9-11-26-45(41)53-52(54-51)40-25-13-24-38-37(40)23-14-28-47(38)56-46-27-12-10-21-39(46)43-31-44-42-29-34-17-7-8-18-35(34)30-48(42)55(49(44)32-50(43)56)36-19-5-2-6-20-36/h1-32H. The van der Waals surface area contributed by atoms with E-state index in [1.165, 1.54) is 48.9 Å². The normalized spacial score (nSPS) is 11.9. The summed E-state index contributed by atoms with van der Waals surface area (Å²) in [5.41, 5.74) is 10.9. The molecule has 0 atom stereocenters. The van der Waals surface area contributed by atoms with Gasteiger partial charge in [-0.3, -0.25) is 0 Å². The lowest BCUT2D eigenvalue weighted by molar-refractivity contribution is 1.17. The molecule has 4 heteroatoms. The molecule has 0 amide bonds. The first-order valence-corrected chi connectivity index (χ1v) is 19.1. The highest BCUT2D eigenvalue weighted by molar-refractivity contribution is 6.21. The van der Waals surface area contributed by atoms with Gasteiger partial charge in [0.25, 0.3) is 0 Å². The molecule has 0 aliphatic rings. The Morgan fingerprint density at radius 3 is 1.80 bits per heavy atom. The number of aromatic nitrogens is 4. The van der Waals surface area contributed by atoms with Crippen molar-refractivity contribution in [3.05, 3.63) is 194 Å². The Morgan fingerprint density at radius 1 is 0.339 bits per heavy atom. The largest absolute Gasteiger partial charge is 0.309 e. The zero-order chi connectivity index (χ0) is 36.7. The number of para-hydroxylation sites is 3. The average molecular weight is 713 g/mol. The van der Waals surface area contributed by atoms with E-state index in [2.05, 4.69) is 191 Å². The minimum Gasteiger partial charge on any atom is -0.309 e. The summed E-state index contributed by atoms with van der Waals surface area (Å²) >= 11 is 0. The van der Waals surface area contributed by atoms with Crippen LogP contribution in [0.3, 0.4) is 0 Å². The van der Waals surface area contributed by atoms with Crippen LogP contribution in [0.2, 0.25) is 0 Å². The summed E-state index contributed by atoms with van der Waals surface area (Å²) in [6, 6.07) is 69.7. The van der Waals surface area contributed by atoms with Gasteiger partial charge in [-0.25, -0.2) is 9.97 Å². The topological polar surface area (TPSA) is 35.6 Å². The maximum Gasteiger partial charge on any atom is 0.161 e. The van der Waals surface area contributed by atoms with Crippen LogP contribution < -0.4 is 0 Å². The van der Waals surface area contributed by atoms with Crippen molar-refractivity contribution in [2.75, 3.05) is 0 Å². The Balaban J connectivity index is 1.15. The van der Waals surface area contributed by atoms with E-state index < -0.39 is 0 Å². The van der Waals surface area contributed by atoms with Crippen molar-refractivity contribution in [3.8, 4) is 34.0 Å². The van der Waals surface area contributed by atoms with Gasteiger partial charge in [-0.2, -0.15) is 0 Å². The Hall–Kier alpha value is -7.56. The zero-order valence-corrected chi connectivity index (χ0v) is 30.3. The van der Waals surface area contributed by atoms with Crippen LogP contribution in [0.4, 0.5) is 0 Å². The van der Waals surface area contributed by atoms with Crippen molar-refractivity contribution in [2.45, 2.75) is 0 Å². The van der Waals surface area contributed by atoms with Gasteiger partial charge in [-0.15, -0.1) is 0 Å². The predicted molar refractivity (Wildman–Crippen MR) is 234 cm³/mol. The van der Waals surface area contributed by atoms with Gasteiger partial charge in [-0.1, -0.05) is 140 Å². The molecule has 4 nitrogen and oxygen atoms in total. The van der Waals surface area contributed by atoms with Gasteiger partial charge in [0.15, 0.2) is 5.82 Å². The van der Waals surface area contributed by atoms with Gasteiger partial charge < -0.3 is 9.13 Å². The molecule has 56 heavy (non-hydrogen) atoms. The van der Waals surface area contributed by atoms with E-state index in [0.29, 0.717) is 5.82 Å². The molecule has 0 unspecified atom stereocenters. The molecule has 0 saturated heterocycles. The fourth-order valence-electron chi connectivity index (χ4n) is 8.97. The van der Waals surface area contributed by atoms with Crippen LogP contribution in [0.1, 0.15) is 0 Å². The second kappa shape index (κ2) is 12.0. The molecule has 12 rings (SSSR count). The number of rotatable bonds is 4. The quantitative estimate of drug-likeness (QED) is 0.182. The van der Waals surface area contributed by atoms with Crippen molar-refractivity contribution in [2.24, 2.45) is 0 Å². The van der Waals surface area contributed by atoms with Crippen LogP contribution in [-0.2, 0) is 0 Å². The fourth-order valence-corrected chi connectivity index (χ4v) is 8.97. The summed E-state index contributed by atoms with van der Waals surface area (Å²) in [6.45, 7) is 0. The van der Waals surface area contributed by atoms with E-state index in [0.717, 1.165) is 55.4 Å². The van der Waals surface area contributed by atoms with E-state index in [-0.39, 0.29) is 0 Å². The molecule has 260 valence electrons. The molecule has 0 fully saturated rings. The van der Waals surface area contributed by atoms with Gasteiger partial charge in [-0.05, 0) is 70.8 Å². The lowest BCUT2D eigenvalue weighted by Gasteiger charge is -2.15. The molecule has 3 heterocycles. The lowest BCUT2D eigenvalue weighted by atomic mass is 10.0. The van der Waals surface area contributed by atoms with Gasteiger partial charge in [0.1, 0.15) is 0 Å². The van der Waals surface area contributed by atoms with Crippen LogP contribution in [0.15, 0.2) is 194 Å². The highest BCUT2D eigenvalue weighted by atomic mass is 15.0. The number of hydrogen-bond acceptors (Lipinski definition) is 2. The monoisotopic (exact) mass is 712 g/mol. The average Bonchev–Trinajstić information content (AvgIpc) is 3.75. The maximum atomic E-state index is 5.28. The molecule has 0 bridgehead atoms. The van der Waals surface area contributed by atoms with Crippen molar-refractivity contribution in [1.82, 2.24) is 19.1 Å². The SMILES string of the molecule is c1ccc(-c2nc(-c3cccc4c(-n5c6ccccc6c6cc7c8cc9ccccc9cc8n(-c8ccccc8)c7cc65)cccc34)nc3ccccc23)cc1. The van der Waals surface area contributed by atoms with E-state index in [9.17, 15) is 0 Å². The van der Waals surface area contributed by atoms with Gasteiger partial charge in [0.2, 0.25) is 0 Å². The Labute approximate surface area is 322 Å². The van der Waals surface area contributed by atoms with Crippen LogP contribution >= 0.6 is 0 Å². The molecule has 0 aliphatic carbocycles. The van der Waals surface area contributed by atoms with Gasteiger partial charge >= 0.3 is 0 Å². The van der Waals surface area contributed by atoms with Crippen LogP contribution in [0.5, 0.6) is 0 Å². The fraction of sp³-hybridized carbons (Fsp3) is 0. The van der Waals surface area contributed by atoms with E-state index in [1.54, 1.807) is 0 Å². The van der Waals surface area contributed by atoms with Crippen molar-refractivity contribution >= 4 is 76.1 Å². The Bertz CT molecular complexity index is 3520. The van der Waals surface area contributed by atoms with E-state index >= 15 is 0 Å². The summed E-state index contributed by atoms with van der Waals surface area (Å²) in [7, 11) is 0. The minimum absolute atomic E-state index is 0.717. The molecular weight excluding hydrogens is 681 g/mol. The van der Waals surface area contributed by atoms with Crippen molar-refractivity contribution in [1.29, 1.82) is 0 Å². The molecule has 0 aliphatic heterocycles. The first-order chi connectivity index (χ1) is 27.8. The number of benzene rings is 9. The molecule has 0 N–H and O–H groups in total. The highest BCUT2D eigenvalue weighted by Gasteiger charge is 2.21. The van der Waals surface area contributed by atoms with Crippen molar-refractivity contribution < 1.29 is 0 Å². The first kappa shape index (κ1) is 30.9. The van der Waals surface area contributed by atoms with Crippen LogP contribution in [0.25, 0.3) is 110 Å². The molecule has 3 aromatic heterocycles. The lowest BCUT2D eigenvalue weighted by Crippen LogP contribution is -1.98. The van der Waals surface area contributed by atoms with E-state index in [1.807, 2.05) is 12.1 Å². The first-order valence-electron chi connectivity index (χ1n) is 19.1. The molecule has 0 spiro atoms. The molecule has 9 aromatic carbocycles. The number of hydrogen-bond donors (Lipinski definition) is 0. The third-order valence-electron chi connectivity index (χ3n) is 11.5. The summed E-state index contributed by atoms with van der Waals surface area (Å²) in [5, 5.41) is 10.7. The van der Waals surface area contributed by atoms with E-state index in [4.69, 9.17) is 9.97 Å². The minimum atomic E-state index is 0.717. The second-order valence-electron chi connectivity index (χ2n) is 14.6. The van der Waals surface area contributed by atoms with Crippen LogP contribution in [-0.4, -0.2) is 19.1 Å². The highest BCUT2D eigenvalue weighted by Crippen LogP contribution is 2.42. The number of fused-ring (bicyclic) bond motifs is 9. The van der Waals surface area contributed by atoms with Gasteiger partial charge in [0, 0.05) is 49.1 Å². The Morgan fingerprint density at radius 2 is 0.946 bits per heavy atom. The molecule has 12 aromatic rings. The number of nitrogens with zero attached hydrogens (tertiary/aromatic N) is 4. The molecular formula is C52H32N4. The third kappa shape index (κ3) is 4.53. The summed E-state index contributed by atoms with van der Waals surface area (Å²) in [5.74, 6) is 0.717. The van der Waals surface area contributed by atoms with Crippen molar-refractivity contribution in [3.63, 3.8) is 0 Å². The smallest absolute Gasteiger partial charge is 0.161 e. The third-order valence-corrected chi connectivity index (χ3v) is 11.5. The summed E-state index contributed by atoms with van der Waals surface area (Å²) < 4.78 is 4.89. The second-order valence-corrected chi connectivity index (χ2v) is 14.6. The predicted octanol–water partition coefficient (Wildman–Crippen LogP) is 13.5. The molecule has 0 saturated carbocycles. The Kier molecular flexibility index (Phi) is 6.60. The van der Waals surface area contributed by atoms with Gasteiger partial charge in [0.05, 0.1) is 39.0 Å². The zero-order valence-electron chi connectivity index (χ0n) is 30.3. The summed E-state index contributed by atoms with van der Waals surface area (Å²) in [4.78, 5) is 10.4. The molecule has 0 radical (unpaired) electrons.